The zero-order chi connectivity index (χ0) is 17.4. The maximum atomic E-state index is 11.9. The molecule has 5 heteroatoms. The van der Waals surface area contributed by atoms with Gasteiger partial charge in [0, 0.05) is 19.2 Å². The van der Waals surface area contributed by atoms with Crippen LogP contribution in [0, 0.1) is 0 Å². The van der Waals surface area contributed by atoms with Gasteiger partial charge in [0.2, 0.25) is 0 Å². The zero-order valence-electron chi connectivity index (χ0n) is 13.9. The highest BCUT2D eigenvalue weighted by Crippen LogP contribution is 2.14. The molecule has 0 aromatic heterocycles. The molecule has 0 fully saturated rings. The van der Waals surface area contributed by atoms with E-state index in [9.17, 15) is 9.59 Å². The molecule has 0 saturated carbocycles. The average Bonchev–Trinajstić information content (AvgIpc) is 2.59. The predicted molar refractivity (Wildman–Crippen MR) is 90.9 cm³/mol. The SMILES string of the molecule is COCc1ccccc1CNC(=O)COc1cccc(C(C)=O)c1. The molecule has 1 amide bonds. The topological polar surface area (TPSA) is 64.6 Å². The van der Waals surface area contributed by atoms with Crippen molar-refractivity contribution in [2.24, 2.45) is 0 Å². The van der Waals surface area contributed by atoms with Gasteiger partial charge in [-0.05, 0) is 30.2 Å². The van der Waals surface area contributed by atoms with E-state index < -0.39 is 0 Å². The fourth-order valence-corrected chi connectivity index (χ4v) is 2.22. The van der Waals surface area contributed by atoms with Crippen LogP contribution in [0.1, 0.15) is 28.4 Å². The minimum absolute atomic E-state index is 0.0420. The Labute approximate surface area is 141 Å². The van der Waals surface area contributed by atoms with Gasteiger partial charge in [-0.15, -0.1) is 0 Å². The maximum Gasteiger partial charge on any atom is 0.258 e. The molecule has 0 spiro atoms. The van der Waals surface area contributed by atoms with E-state index >= 15 is 0 Å². The van der Waals surface area contributed by atoms with Crippen molar-refractivity contribution in [2.45, 2.75) is 20.1 Å². The first-order chi connectivity index (χ1) is 11.6. The molecule has 2 rings (SSSR count). The summed E-state index contributed by atoms with van der Waals surface area (Å²) in [4.78, 5) is 23.3. The Morgan fingerprint density at radius 1 is 1.04 bits per heavy atom. The van der Waals surface area contributed by atoms with Crippen molar-refractivity contribution in [3.63, 3.8) is 0 Å². The molecule has 0 aliphatic rings. The summed E-state index contributed by atoms with van der Waals surface area (Å²) in [6, 6.07) is 14.6. The molecule has 126 valence electrons. The fourth-order valence-electron chi connectivity index (χ4n) is 2.22. The van der Waals surface area contributed by atoms with Crippen molar-refractivity contribution in [3.8, 4) is 5.75 Å². The van der Waals surface area contributed by atoms with Crippen LogP contribution in [0.25, 0.3) is 0 Å². The molecule has 0 unspecified atom stereocenters. The summed E-state index contributed by atoms with van der Waals surface area (Å²) >= 11 is 0. The van der Waals surface area contributed by atoms with E-state index in [1.165, 1.54) is 6.92 Å². The molecule has 0 heterocycles. The minimum Gasteiger partial charge on any atom is -0.484 e. The molecule has 1 N–H and O–H groups in total. The summed E-state index contributed by atoms with van der Waals surface area (Å²) < 4.78 is 10.6. The average molecular weight is 327 g/mol. The Balaban J connectivity index is 1.86. The highest BCUT2D eigenvalue weighted by atomic mass is 16.5. The van der Waals surface area contributed by atoms with Crippen LogP contribution in [-0.4, -0.2) is 25.4 Å². The number of benzene rings is 2. The van der Waals surface area contributed by atoms with Crippen molar-refractivity contribution >= 4 is 11.7 Å². The number of hydrogen-bond donors (Lipinski definition) is 1. The Hall–Kier alpha value is -2.66. The highest BCUT2D eigenvalue weighted by molar-refractivity contribution is 5.94. The molecule has 0 saturated heterocycles. The van der Waals surface area contributed by atoms with Gasteiger partial charge >= 0.3 is 0 Å². The Bertz CT molecular complexity index is 712. The largest absolute Gasteiger partial charge is 0.484 e. The van der Waals surface area contributed by atoms with Crippen LogP contribution in [-0.2, 0) is 22.7 Å². The molecule has 2 aromatic carbocycles. The first-order valence-corrected chi connectivity index (χ1v) is 7.66. The van der Waals surface area contributed by atoms with Gasteiger partial charge in [-0.25, -0.2) is 0 Å². The lowest BCUT2D eigenvalue weighted by Gasteiger charge is -2.11. The van der Waals surface area contributed by atoms with Crippen LogP contribution >= 0.6 is 0 Å². The third-order valence-electron chi connectivity index (χ3n) is 3.50. The molecule has 0 aliphatic carbocycles. The number of methoxy groups -OCH3 is 1. The zero-order valence-corrected chi connectivity index (χ0v) is 13.9. The van der Waals surface area contributed by atoms with E-state index in [2.05, 4.69) is 5.32 Å². The van der Waals surface area contributed by atoms with Crippen molar-refractivity contribution < 1.29 is 19.1 Å². The van der Waals surface area contributed by atoms with E-state index in [0.717, 1.165) is 11.1 Å². The molecule has 0 bridgehead atoms. The van der Waals surface area contributed by atoms with Crippen LogP contribution < -0.4 is 10.1 Å². The Morgan fingerprint density at radius 3 is 2.50 bits per heavy atom. The fraction of sp³-hybridized carbons (Fsp3) is 0.263. The minimum atomic E-state index is -0.226. The number of hydrogen-bond acceptors (Lipinski definition) is 4. The van der Waals surface area contributed by atoms with Crippen molar-refractivity contribution in [3.05, 3.63) is 65.2 Å². The predicted octanol–water partition coefficient (Wildman–Crippen LogP) is 2.73. The van der Waals surface area contributed by atoms with Crippen molar-refractivity contribution in [1.29, 1.82) is 0 Å². The summed E-state index contributed by atoms with van der Waals surface area (Å²) in [5.41, 5.74) is 2.60. The number of ether oxygens (including phenoxy) is 2. The number of rotatable bonds is 8. The van der Waals surface area contributed by atoms with E-state index in [-0.39, 0.29) is 18.3 Å². The van der Waals surface area contributed by atoms with Crippen LogP contribution in [0.3, 0.4) is 0 Å². The van der Waals surface area contributed by atoms with Gasteiger partial charge in [-0.3, -0.25) is 9.59 Å². The second-order valence-corrected chi connectivity index (χ2v) is 5.35. The number of carbonyl (C=O) groups excluding carboxylic acids is 2. The number of ketones is 1. The first-order valence-electron chi connectivity index (χ1n) is 7.66. The lowest BCUT2D eigenvalue weighted by molar-refractivity contribution is -0.123. The third-order valence-corrected chi connectivity index (χ3v) is 3.50. The molecular formula is C19H21NO4. The van der Waals surface area contributed by atoms with E-state index in [4.69, 9.17) is 9.47 Å². The standard InChI is InChI=1S/C19H21NO4/c1-14(21)15-8-5-9-18(10-15)24-13-19(22)20-11-16-6-3-4-7-17(16)12-23-2/h3-10H,11-13H2,1-2H3,(H,20,22). The summed E-state index contributed by atoms with van der Waals surface area (Å²) in [6.07, 6.45) is 0. The Kier molecular flexibility index (Phi) is 6.51. The molecule has 0 aliphatic heterocycles. The molecule has 0 radical (unpaired) electrons. The van der Waals surface area contributed by atoms with Gasteiger partial charge < -0.3 is 14.8 Å². The highest BCUT2D eigenvalue weighted by Gasteiger charge is 2.07. The van der Waals surface area contributed by atoms with Crippen molar-refractivity contribution in [1.82, 2.24) is 5.32 Å². The number of amides is 1. The van der Waals surface area contributed by atoms with Crippen LogP contribution in [0.5, 0.6) is 5.75 Å². The number of carbonyl (C=O) groups is 2. The van der Waals surface area contributed by atoms with Gasteiger partial charge in [0.1, 0.15) is 5.75 Å². The van der Waals surface area contributed by atoms with Gasteiger partial charge in [-0.1, -0.05) is 36.4 Å². The van der Waals surface area contributed by atoms with Crippen LogP contribution in [0.15, 0.2) is 48.5 Å². The molecule has 0 atom stereocenters. The number of Topliss-reactive ketones (excluding diaryl/α,β-unsaturated/α-hetero) is 1. The number of nitrogens with one attached hydrogen (secondary N) is 1. The van der Waals surface area contributed by atoms with Crippen molar-refractivity contribution in [2.75, 3.05) is 13.7 Å². The lowest BCUT2D eigenvalue weighted by atomic mass is 10.1. The summed E-state index contributed by atoms with van der Waals surface area (Å²) in [5.74, 6) is 0.229. The monoisotopic (exact) mass is 327 g/mol. The molecular weight excluding hydrogens is 306 g/mol. The van der Waals surface area contributed by atoms with Gasteiger partial charge in [-0.2, -0.15) is 0 Å². The van der Waals surface area contributed by atoms with E-state index in [0.29, 0.717) is 24.5 Å². The van der Waals surface area contributed by atoms with Gasteiger partial charge in [0.05, 0.1) is 6.61 Å². The second-order valence-electron chi connectivity index (χ2n) is 5.35. The smallest absolute Gasteiger partial charge is 0.258 e. The maximum absolute atomic E-state index is 11.9. The summed E-state index contributed by atoms with van der Waals surface area (Å²) in [6.45, 7) is 2.30. The van der Waals surface area contributed by atoms with E-state index in [1.54, 1.807) is 31.4 Å². The normalized spacial score (nSPS) is 10.2. The third kappa shape index (κ3) is 5.21. The second kappa shape index (κ2) is 8.84. The quantitative estimate of drug-likeness (QED) is 0.757. The molecule has 2 aromatic rings. The molecule has 24 heavy (non-hydrogen) atoms. The van der Waals surface area contributed by atoms with Crippen LogP contribution in [0.2, 0.25) is 0 Å². The summed E-state index contributed by atoms with van der Waals surface area (Å²) in [7, 11) is 1.64. The summed E-state index contributed by atoms with van der Waals surface area (Å²) in [5, 5.41) is 2.82. The Morgan fingerprint density at radius 2 is 1.79 bits per heavy atom. The van der Waals surface area contributed by atoms with Gasteiger partial charge in [0.15, 0.2) is 12.4 Å². The van der Waals surface area contributed by atoms with E-state index in [1.807, 2.05) is 24.3 Å². The first kappa shape index (κ1) is 17.7. The van der Waals surface area contributed by atoms with Gasteiger partial charge in [0.25, 0.3) is 5.91 Å². The molecule has 5 nitrogen and oxygen atoms in total. The van der Waals surface area contributed by atoms with Crippen LogP contribution in [0.4, 0.5) is 0 Å². The lowest BCUT2D eigenvalue weighted by Crippen LogP contribution is -2.28.